The molecule has 0 aliphatic carbocycles. The van der Waals surface area contributed by atoms with Crippen LogP contribution in [0.5, 0.6) is 0 Å². The van der Waals surface area contributed by atoms with Crippen molar-refractivity contribution in [3.63, 3.8) is 0 Å². The van der Waals surface area contributed by atoms with Gasteiger partial charge in [0.05, 0.1) is 5.57 Å². The number of imide groups is 1. The third-order valence-corrected chi connectivity index (χ3v) is 3.87. The molecule has 25 heavy (non-hydrogen) atoms. The molecule has 0 aromatic heterocycles. The molecule has 0 saturated carbocycles. The zero-order valence-electron chi connectivity index (χ0n) is 13.6. The molecule has 1 N–H and O–H groups in total. The van der Waals surface area contributed by atoms with E-state index in [1.165, 1.54) is 6.07 Å². The summed E-state index contributed by atoms with van der Waals surface area (Å²) in [5.74, 6) is -2.89. The van der Waals surface area contributed by atoms with Gasteiger partial charge in [0.2, 0.25) is 0 Å². The Morgan fingerprint density at radius 2 is 1.68 bits per heavy atom. The van der Waals surface area contributed by atoms with Gasteiger partial charge in [0.15, 0.2) is 11.6 Å². The van der Waals surface area contributed by atoms with Crippen LogP contribution in [0.15, 0.2) is 54.2 Å². The molecule has 2 amide bonds. The monoisotopic (exact) mass is 342 g/mol. The van der Waals surface area contributed by atoms with Gasteiger partial charge in [-0.15, -0.1) is 0 Å². The lowest BCUT2D eigenvalue weighted by molar-refractivity contribution is -0.136. The molecule has 0 spiro atoms. The van der Waals surface area contributed by atoms with Crippen LogP contribution in [-0.2, 0) is 9.59 Å². The molecular formula is C19H16F2N2O2. The lowest BCUT2D eigenvalue weighted by Crippen LogP contribution is -2.33. The van der Waals surface area contributed by atoms with Crippen LogP contribution in [0.4, 0.5) is 14.5 Å². The second-order valence-corrected chi connectivity index (χ2v) is 5.63. The van der Waals surface area contributed by atoms with Crippen molar-refractivity contribution in [2.24, 2.45) is 0 Å². The Bertz CT molecular complexity index is 863. The molecule has 1 aliphatic heterocycles. The van der Waals surface area contributed by atoms with E-state index in [-0.39, 0.29) is 23.5 Å². The maximum atomic E-state index is 13.5. The maximum absolute atomic E-state index is 13.5. The molecule has 0 bridgehead atoms. The smallest absolute Gasteiger partial charge is 0.278 e. The molecule has 0 radical (unpaired) electrons. The Morgan fingerprint density at radius 1 is 0.960 bits per heavy atom. The molecule has 3 rings (SSSR count). The highest BCUT2D eigenvalue weighted by atomic mass is 19.2. The molecule has 0 atom stereocenters. The Hall–Kier alpha value is -3.02. The van der Waals surface area contributed by atoms with Gasteiger partial charge in [0, 0.05) is 18.3 Å². The van der Waals surface area contributed by atoms with E-state index >= 15 is 0 Å². The van der Waals surface area contributed by atoms with Crippen molar-refractivity contribution >= 4 is 23.1 Å². The van der Waals surface area contributed by atoms with Gasteiger partial charge < -0.3 is 5.32 Å². The number of rotatable bonds is 5. The fourth-order valence-electron chi connectivity index (χ4n) is 2.71. The highest BCUT2D eigenvalue weighted by molar-refractivity contribution is 6.36. The molecule has 0 saturated heterocycles. The van der Waals surface area contributed by atoms with Crippen molar-refractivity contribution in [3.8, 4) is 0 Å². The van der Waals surface area contributed by atoms with Crippen LogP contribution in [0.2, 0.25) is 0 Å². The second kappa shape index (κ2) is 6.84. The highest BCUT2D eigenvalue weighted by Crippen LogP contribution is 2.30. The van der Waals surface area contributed by atoms with E-state index in [0.717, 1.165) is 17.0 Å². The molecular weight excluding hydrogens is 326 g/mol. The number of halogens is 2. The van der Waals surface area contributed by atoms with Crippen LogP contribution >= 0.6 is 0 Å². The Kier molecular flexibility index (Phi) is 4.61. The summed E-state index contributed by atoms with van der Waals surface area (Å²) in [5.41, 5.74) is 1.07. The molecule has 1 aliphatic rings. The minimum absolute atomic E-state index is 0.0654. The number of hydrogen-bond donors (Lipinski definition) is 1. The number of carbonyl (C=O) groups excluding carboxylic acids is 2. The fourth-order valence-corrected chi connectivity index (χ4v) is 2.71. The standard InChI is InChI=1S/C19H16F2N2O2/c1-2-10-23-18(24)16(12-6-4-3-5-7-12)17(19(23)25)22-13-8-9-14(20)15(21)11-13/h3-9,11,22H,2,10H2,1H3. The van der Waals surface area contributed by atoms with E-state index in [1.54, 1.807) is 30.3 Å². The van der Waals surface area contributed by atoms with Crippen molar-refractivity contribution in [2.45, 2.75) is 13.3 Å². The van der Waals surface area contributed by atoms with Crippen LogP contribution in [-0.4, -0.2) is 23.3 Å². The van der Waals surface area contributed by atoms with Crippen LogP contribution in [0.3, 0.4) is 0 Å². The normalized spacial score (nSPS) is 14.4. The van der Waals surface area contributed by atoms with Gasteiger partial charge >= 0.3 is 0 Å². The average molecular weight is 342 g/mol. The summed E-state index contributed by atoms with van der Waals surface area (Å²) < 4.78 is 26.6. The van der Waals surface area contributed by atoms with Crippen molar-refractivity contribution < 1.29 is 18.4 Å². The van der Waals surface area contributed by atoms with Crippen molar-refractivity contribution in [3.05, 3.63) is 71.4 Å². The van der Waals surface area contributed by atoms with E-state index < -0.39 is 23.4 Å². The molecule has 0 unspecified atom stereocenters. The van der Waals surface area contributed by atoms with Gasteiger partial charge in [-0.05, 0) is 24.1 Å². The first kappa shape index (κ1) is 16.8. The fraction of sp³-hybridized carbons (Fsp3) is 0.158. The van der Waals surface area contributed by atoms with Crippen LogP contribution < -0.4 is 5.32 Å². The number of anilines is 1. The predicted octanol–water partition coefficient (Wildman–Crippen LogP) is 3.57. The van der Waals surface area contributed by atoms with Gasteiger partial charge in [0.1, 0.15) is 5.70 Å². The van der Waals surface area contributed by atoms with Gasteiger partial charge in [-0.3, -0.25) is 14.5 Å². The number of nitrogens with zero attached hydrogens (tertiary/aromatic N) is 1. The zero-order valence-corrected chi connectivity index (χ0v) is 13.6. The summed E-state index contributed by atoms with van der Waals surface area (Å²) in [6.45, 7) is 2.15. The molecule has 0 fully saturated rings. The highest BCUT2D eigenvalue weighted by Gasteiger charge is 2.38. The van der Waals surface area contributed by atoms with Crippen LogP contribution in [0, 0.1) is 11.6 Å². The first-order valence-electron chi connectivity index (χ1n) is 7.91. The first-order chi connectivity index (χ1) is 12.0. The molecule has 2 aromatic rings. The van der Waals surface area contributed by atoms with Crippen LogP contribution in [0.1, 0.15) is 18.9 Å². The van der Waals surface area contributed by atoms with Gasteiger partial charge in [-0.25, -0.2) is 8.78 Å². The van der Waals surface area contributed by atoms with Gasteiger partial charge in [0.25, 0.3) is 11.8 Å². The van der Waals surface area contributed by atoms with Crippen molar-refractivity contribution in [1.29, 1.82) is 0 Å². The summed E-state index contributed by atoms with van der Waals surface area (Å²) in [5, 5.41) is 2.79. The predicted molar refractivity (Wildman–Crippen MR) is 90.4 cm³/mol. The molecule has 128 valence electrons. The van der Waals surface area contributed by atoms with Gasteiger partial charge in [-0.1, -0.05) is 37.3 Å². The van der Waals surface area contributed by atoms with Crippen molar-refractivity contribution in [2.75, 3.05) is 11.9 Å². The quantitative estimate of drug-likeness (QED) is 0.845. The van der Waals surface area contributed by atoms with E-state index in [2.05, 4.69) is 5.32 Å². The summed E-state index contributed by atoms with van der Waals surface area (Å²) in [4.78, 5) is 26.5. The SMILES string of the molecule is CCCN1C(=O)C(Nc2ccc(F)c(F)c2)=C(c2ccccc2)C1=O. The van der Waals surface area contributed by atoms with E-state index in [1.807, 2.05) is 6.92 Å². The molecule has 1 heterocycles. The van der Waals surface area contributed by atoms with Crippen LogP contribution in [0.25, 0.3) is 5.57 Å². The third kappa shape index (κ3) is 3.15. The van der Waals surface area contributed by atoms with E-state index in [4.69, 9.17) is 0 Å². The Morgan fingerprint density at radius 3 is 2.32 bits per heavy atom. The summed E-state index contributed by atoms with van der Waals surface area (Å²) >= 11 is 0. The van der Waals surface area contributed by atoms with E-state index in [0.29, 0.717) is 12.0 Å². The topological polar surface area (TPSA) is 49.4 Å². The second-order valence-electron chi connectivity index (χ2n) is 5.63. The number of nitrogens with one attached hydrogen (secondary N) is 1. The summed E-state index contributed by atoms with van der Waals surface area (Å²) in [6.07, 6.45) is 0.623. The summed E-state index contributed by atoms with van der Waals surface area (Å²) in [6, 6.07) is 12.0. The first-order valence-corrected chi connectivity index (χ1v) is 7.91. The Labute approximate surface area is 143 Å². The third-order valence-electron chi connectivity index (χ3n) is 3.87. The maximum Gasteiger partial charge on any atom is 0.278 e. The summed E-state index contributed by atoms with van der Waals surface area (Å²) in [7, 11) is 0. The number of carbonyl (C=O) groups is 2. The zero-order chi connectivity index (χ0) is 18.0. The molecule has 6 heteroatoms. The van der Waals surface area contributed by atoms with Gasteiger partial charge in [-0.2, -0.15) is 0 Å². The van der Waals surface area contributed by atoms with E-state index in [9.17, 15) is 18.4 Å². The molecule has 4 nitrogen and oxygen atoms in total. The molecule has 2 aromatic carbocycles. The average Bonchev–Trinajstić information content (AvgIpc) is 2.84. The number of amides is 2. The minimum Gasteiger partial charge on any atom is -0.350 e. The minimum atomic E-state index is -1.03. The Balaban J connectivity index is 2.06. The lowest BCUT2D eigenvalue weighted by Gasteiger charge is -2.13. The lowest BCUT2D eigenvalue weighted by atomic mass is 10.0. The number of benzene rings is 2. The van der Waals surface area contributed by atoms with Crippen molar-refractivity contribution in [1.82, 2.24) is 4.90 Å². The number of hydrogen-bond acceptors (Lipinski definition) is 3. The largest absolute Gasteiger partial charge is 0.350 e.